The van der Waals surface area contributed by atoms with E-state index in [1.165, 1.54) is 60.9 Å². The lowest BCUT2D eigenvalue weighted by atomic mass is 10.0. The van der Waals surface area contributed by atoms with E-state index >= 15 is 0 Å². The molecule has 0 saturated heterocycles. The topological polar surface area (TPSA) is 134 Å². The monoisotopic (exact) mass is 660 g/mol. The van der Waals surface area contributed by atoms with Gasteiger partial charge in [-0.05, 0) is 77.4 Å². The molecule has 0 saturated carbocycles. The third-order valence-corrected chi connectivity index (χ3v) is 7.22. The number of rotatable bonds is 15. The van der Waals surface area contributed by atoms with Gasteiger partial charge in [0.05, 0.1) is 59.3 Å². The first-order chi connectivity index (χ1) is 23.2. The smallest absolute Gasteiger partial charge is 0.338 e. The zero-order valence-corrected chi connectivity index (χ0v) is 27.4. The van der Waals surface area contributed by atoms with Crippen LogP contribution in [0.3, 0.4) is 0 Å². The van der Waals surface area contributed by atoms with E-state index in [2.05, 4.69) is 0 Å². The summed E-state index contributed by atoms with van der Waals surface area (Å²) in [6.07, 6.45) is 0. The summed E-state index contributed by atoms with van der Waals surface area (Å²) in [6, 6.07) is 19.2. The maximum atomic E-state index is 13.0. The molecule has 4 aromatic rings. The molecule has 0 aliphatic heterocycles. The Hall–Kier alpha value is -5.91. The number of ether oxygens (including phenoxy) is 9. The van der Waals surface area contributed by atoms with Gasteiger partial charge in [0.25, 0.3) is 0 Å². The molecule has 4 aromatic carbocycles. The third-order valence-electron chi connectivity index (χ3n) is 7.22. The Kier molecular flexibility index (Phi) is 12.1. The number of esters is 3. The summed E-state index contributed by atoms with van der Waals surface area (Å²) in [7, 11) is 8.89. The molecule has 252 valence electrons. The SMILES string of the molecule is COc1ccc(C(=O)OCc2ccc(COC(=O)c3ccc(OC)c(OC)c3)c(COC(=O)c3ccc(OC)c(OC)c3)c2)cc1OC. The van der Waals surface area contributed by atoms with Crippen molar-refractivity contribution in [3.05, 3.63) is 106 Å². The summed E-state index contributed by atoms with van der Waals surface area (Å²) in [6.45, 7) is -0.397. The molecule has 0 unspecified atom stereocenters. The lowest BCUT2D eigenvalue weighted by Crippen LogP contribution is -2.11. The van der Waals surface area contributed by atoms with Crippen LogP contribution in [0.15, 0.2) is 72.8 Å². The first-order valence-corrected chi connectivity index (χ1v) is 14.5. The van der Waals surface area contributed by atoms with Gasteiger partial charge in [0.2, 0.25) is 0 Å². The maximum absolute atomic E-state index is 13.0. The Balaban J connectivity index is 1.53. The third kappa shape index (κ3) is 8.46. The molecule has 0 bridgehead atoms. The van der Waals surface area contributed by atoms with Gasteiger partial charge in [-0.2, -0.15) is 0 Å². The number of benzene rings is 4. The standard InChI is InChI=1S/C36H36O12/c1-40-28-12-9-23(16-31(28)43-4)34(37)46-19-22-7-8-26(20-47-35(38)24-10-13-29(41-2)32(17-24)44-5)27(15-22)21-48-36(39)25-11-14-30(42-3)33(18-25)45-6/h7-18H,19-21H2,1-6H3. The molecule has 0 spiro atoms. The molecule has 0 aliphatic rings. The van der Waals surface area contributed by atoms with Crippen LogP contribution in [-0.2, 0) is 34.0 Å². The summed E-state index contributed by atoms with van der Waals surface area (Å²) in [5, 5.41) is 0. The second kappa shape index (κ2) is 16.6. The summed E-state index contributed by atoms with van der Waals surface area (Å²) >= 11 is 0. The fourth-order valence-corrected chi connectivity index (χ4v) is 4.62. The minimum absolute atomic E-state index is 0.0878. The fraction of sp³-hybridized carbons (Fsp3) is 0.250. The molecule has 0 fully saturated rings. The van der Waals surface area contributed by atoms with Crippen LogP contribution in [0.4, 0.5) is 0 Å². The van der Waals surface area contributed by atoms with Crippen molar-refractivity contribution >= 4 is 17.9 Å². The molecule has 12 nitrogen and oxygen atoms in total. The van der Waals surface area contributed by atoms with Gasteiger partial charge in [-0.25, -0.2) is 14.4 Å². The van der Waals surface area contributed by atoms with Crippen LogP contribution in [0.1, 0.15) is 47.8 Å². The molecule has 0 atom stereocenters. The number of carbonyl (C=O) groups is 3. The molecule has 48 heavy (non-hydrogen) atoms. The molecule has 0 N–H and O–H groups in total. The first-order valence-electron chi connectivity index (χ1n) is 14.5. The summed E-state index contributed by atoms with van der Waals surface area (Å²) in [4.78, 5) is 38.8. The quantitative estimate of drug-likeness (QED) is 0.113. The Morgan fingerprint density at radius 3 is 1.12 bits per heavy atom. The average Bonchev–Trinajstić information content (AvgIpc) is 3.14. The molecule has 12 heteroatoms. The Bertz CT molecular complexity index is 1760. The van der Waals surface area contributed by atoms with Crippen molar-refractivity contribution in [2.24, 2.45) is 0 Å². The van der Waals surface area contributed by atoms with Crippen LogP contribution < -0.4 is 28.4 Å². The number of carbonyl (C=O) groups excluding carboxylic acids is 3. The number of hydrogen-bond acceptors (Lipinski definition) is 12. The van der Waals surface area contributed by atoms with E-state index in [0.717, 1.165) is 0 Å². The molecule has 0 radical (unpaired) electrons. The van der Waals surface area contributed by atoms with E-state index in [1.807, 2.05) is 0 Å². The van der Waals surface area contributed by atoms with Gasteiger partial charge in [-0.1, -0.05) is 12.1 Å². The average molecular weight is 661 g/mol. The van der Waals surface area contributed by atoms with Gasteiger partial charge in [0.1, 0.15) is 19.8 Å². The van der Waals surface area contributed by atoms with E-state index in [-0.39, 0.29) is 36.5 Å². The van der Waals surface area contributed by atoms with Crippen LogP contribution in [-0.4, -0.2) is 60.6 Å². The highest BCUT2D eigenvalue weighted by Crippen LogP contribution is 2.30. The number of hydrogen-bond donors (Lipinski definition) is 0. The van der Waals surface area contributed by atoms with Crippen molar-refractivity contribution in [2.75, 3.05) is 42.7 Å². The Morgan fingerprint density at radius 2 is 0.750 bits per heavy atom. The minimum atomic E-state index is -0.616. The van der Waals surface area contributed by atoms with Gasteiger partial charge < -0.3 is 42.6 Å². The van der Waals surface area contributed by atoms with Crippen molar-refractivity contribution in [1.82, 2.24) is 0 Å². The van der Waals surface area contributed by atoms with E-state index in [1.54, 1.807) is 54.6 Å². The molecule has 0 amide bonds. The van der Waals surface area contributed by atoms with Gasteiger partial charge in [-0.3, -0.25) is 0 Å². The predicted molar refractivity (Wildman–Crippen MR) is 172 cm³/mol. The highest BCUT2D eigenvalue weighted by Gasteiger charge is 2.17. The van der Waals surface area contributed by atoms with Gasteiger partial charge in [0.15, 0.2) is 34.5 Å². The fourth-order valence-electron chi connectivity index (χ4n) is 4.62. The zero-order chi connectivity index (χ0) is 34.6. The summed E-state index contributed by atoms with van der Waals surface area (Å²) in [5.74, 6) is 0.742. The van der Waals surface area contributed by atoms with E-state index in [0.29, 0.717) is 51.2 Å². The zero-order valence-electron chi connectivity index (χ0n) is 27.4. The highest BCUT2D eigenvalue weighted by atomic mass is 16.5. The van der Waals surface area contributed by atoms with Crippen LogP contribution in [0, 0.1) is 0 Å². The van der Waals surface area contributed by atoms with Crippen LogP contribution in [0.5, 0.6) is 34.5 Å². The Labute approximate surface area is 277 Å². The van der Waals surface area contributed by atoms with Crippen molar-refractivity contribution in [2.45, 2.75) is 19.8 Å². The van der Waals surface area contributed by atoms with E-state index in [4.69, 9.17) is 42.6 Å². The van der Waals surface area contributed by atoms with Gasteiger partial charge in [-0.15, -0.1) is 0 Å². The molecule has 0 heterocycles. The van der Waals surface area contributed by atoms with Crippen LogP contribution in [0.25, 0.3) is 0 Å². The lowest BCUT2D eigenvalue weighted by Gasteiger charge is -2.15. The van der Waals surface area contributed by atoms with Crippen molar-refractivity contribution in [3.8, 4) is 34.5 Å². The number of methoxy groups -OCH3 is 6. The van der Waals surface area contributed by atoms with E-state index in [9.17, 15) is 14.4 Å². The van der Waals surface area contributed by atoms with Crippen molar-refractivity contribution in [3.63, 3.8) is 0 Å². The first kappa shape index (κ1) is 35.0. The van der Waals surface area contributed by atoms with Crippen molar-refractivity contribution < 1.29 is 57.0 Å². The summed E-state index contributed by atoms with van der Waals surface area (Å²) < 4.78 is 48.3. The molecule has 4 rings (SSSR count). The lowest BCUT2D eigenvalue weighted by molar-refractivity contribution is 0.0433. The molecular weight excluding hydrogens is 624 g/mol. The second-order valence-corrected chi connectivity index (χ2v) is 10.0. The van der Waals surface area contributed by atoms with E-state index < -0.39 is 17.9 Å². The molecule has 0 aliphatic carbocycles. The predicted octanol–water partition coefficient (Wildman–Crippen LogP) is 5.81. The highest BCUT2D eigenvalue weighted by molar-refractivity contribution is 5.91. The van der Waals surface area contributed by atoms with Gasteiger partial charge >= 0.3 is 17.9 Å². The molecular formula is C36H36O12. The van der Waals surface area contributed by atoms with Crippen LogP contribution in [0.2, 0.25) is 0 Å². The maximum Gasteiger partial charge on any atom is 0.338 e. The second-order valence-electron chi connectivity index (χ2n) is 10.0. The molecule has 0 aromatic heterocycles. The minimum Gasteiger partial charge on any atom is -0.493 e. The van der Waals surface area contributed by atoms with Crippen molar-refractivity contribution in [1.29, 1.82) is 0 Å². The summed E-state index contributed by atoms with van der Waals surface area (Å²) in [5.41, 5.74) is 2.48. The van der Waals surface area contributed by atoms with Crippen LogP contribution >= 0.6 is 0 Å². The Morgan fingerprint density at radius 1 is 0.396 bits per heavy atom. The normalized spacial score (nSPS) is 10.4. The largest absolute Gasteiger partial charge is 0.493 e. The van der Waals surface area contributed by atoms with Gasteiger partial charge in [0, 0.05) is 0 Å².